The minimum Gasteiger partial charge on any atom is -0.667 e. The third-order valence-corrected chi connectivity index (χ3v) is 7.34. The van der Waals surface area contributed by atoms with E-state index in [1.165, 1.54) is 36.0 Å². The van der Waals surface area contributed by atoms with Crippen molar-refractivity contribution in [2.45, 2.75) is 93.2 Å². The van der Waals surface area contributed by atoms with Crippen LogP contribution in [-0.4, -0.2) is 15.4 Å². The zero-order valence-electron chi connectivity index (χ0n) is 19.4. The molecule has 4 fully saturated rings. The number of carbonyl (C=O) groups excluding carboxylic acids is 1. The van der Waals surface area contributed by atoms with E-state index in [4.69, 9.17) is 5.73 Å². The third-order valence-electron chi connectivity index (χ3n) is 7.34. The molecule has 0 aromatic heterocycles. The molecule has 4 bridgehead atoms. The van der Waals surface area contributed by atoms with Crippen LogP contribution in [-0.2, 0) is 31.0 Å². The average Bonchev–Trinajstić information content (AvgIpc) is 2.71. The van der Waals surface area contributed by atoms with Crippen molar-refractivity contribution in [3.05, 3.63) is 28.5 Å². The van der Waals surface area contributed by atoms with Gasteiger partial charge in [-0.15, -0.1) is 6.92 Å². The second-order valence-electron chi connectivity index (χ2n) is 10.6. The fraction of sp³-hybridized carbons (Fsp3) is 0.792. The van der Waals surface area contributed by atoms with Gasteiger partial charge in [0.2, 0.25) is 0 Å². The summed E-state index contributed by atoms with van der Waals surface area (Å²) in [4.78, 5) is 11.6. The molecule has 155 valence electrons. The molecule has 5 aliphatic carbocycles. The molecule has 28 heavy (non-hydrogen) atoms. The number of hydrogen-bond acceptors (Lipinski definition) is 1. The van der Waals surface area contributed by atoms with Gasteiger partial charge in [0.1, 0.15) is 0 Å². The molecule has 4 saturated carbocycles. The maximum Gasteiger partial charge on any atom is 2.00 e. The van der Waals surface area contributed by atoms with Crippen LogP contribution in [0.5, 0.6) is 0 Å². The minimum absolute atomic E-state index is 0. The molecule has 5 aliphatic rings. The van der Waals surface area contributed by atoms with Gasteiger partial charge in [0.25, 0.3) is 0 Å². The number of carbonyl (C=O) groups is 1. The molecule has 1 N–H and O–H groups in total. The Balaban J connectivity index is 0.000000261. The Morgan fingerprint density at radius 1 is 1.04 bits per heavy atom. The molecule has 2 nitrogen and oxygen atoms in total. The Kier molecular flexibility index (Phi) is 8.81. The van der Waals surface area contributed by atoms with Gasteiger partial charge in [-0.3, -0.25) is 6.08 Å². The first-order chi connectivity index (χ1) is 12.4. The molecule has 4 heteroatoms. The summed E-state index contributed by atoms with van der Waals surface area (Å²) >= 11 is 0. The molecule has 1 amide bonds. The summed E-state index contributed by atoms with van der Waals surface area (Å²) in [6.45, 7) is 17.8. The molecule has 0 heterocycles. The van der Waals surface area contributed by atoms with E-state index in [2.05, 4.69) is 60.7 Å². The van der Waals surface area contributed by atoms with Crippen molar-refractivity contribution >= 4 is 15.4 Å². The van der Waals surface area contributed by atoms with Crippen LogP contribution in [0.3, 0.4) is 0 Å². The van der Waals surface area contributed by atoms with E-state index in [0.717, 1.165) is 34.7 Å². The second-order valence-corrected chi connectivity index (χ2v) is 11.8. The van der Waals surface area contributed by atoms with Crippen LogP contribution in [0.1, 0.15) is 80.1 Å². The van der Waals surface area contributed by atoms with Gasteiger partial charge in [0.05, 0.1) is 5.91 Å². The Bertz CT molecular complexity index is 635. The predicted octanol–water partition coefficient (Wildman–Crippen LogP) is 6.80. The quantitative estimate of drug-likeness (QED) is 0.302. The van der Waals surface area contributed by atoms with Crippen LogP contribution in [0.15, 0.2) is 16.7 Å². The van der Waals surface area contributed by atoms with Gasteiger partial charge in [-0.25, -0.2) is 5.57 Å². The van der Waals surface area contributed by atoms with Crippen LogP contribution in [0.25, 0.3) is 5.73 Å². The van der Waals surface area contributed by atoms with Crippen molar-refractivity contribution in [3.8, 4) is 0 Å². The first-order valence-electron chi connectivity index (χ1n) is 10.7. The van der Waals surface area contributed by atoms with E-state index in [1.807, 2.05) is 0 Å². The third kappa shape index (κ3) is 5.39. The number of nitrogens with one attached hydrogen (secondary N) is 1. The van der Waals surface area contributed by atoms with Crippen molar-refractivity contribution in [1.29, 1.82) is 0 Å². The van der Waals surface area contributed by atoms with Crippen molar-refractivity contribution in [1.82, 2.24) is 0 Å². The molecule has 1 radical (unpaired) electrons. The zero-order valence-corrected chi connectivity index (χ0v) is 23.0. The van der Waals surface area contributed by atoms with E-state index in [0.29, 0.717) is 16.7 Å². The summed E-state index contributed by atoms with van der Waals surface area (Å²) in [6.07, 6.45) is 10.3. The number of allylic oxidation sites excluding steroid dienone is 4. The number of rotatable bonds is 1. The van der Waals surface area contributed by atoms with Crippen LogP contribution in [0.4, 0.5) is 0 Å². The second kappa shape index (κ2) is 9.46. The van der Waals surface area contributed by atoms with Gasteiger partial charge in [0.15, 0.2) is 0 Å². The summed E-state index contributed by atoms with van der Waals surface area (Å²) in [7, 11) is 0.750. The van der Waals surface area contributed by atoms with Crippen molar-refractivity contribution in [2.75, 3.05) is 0 Å². The van der Waals surface area contributed by atoms with Crippen LogP contribution < -0.4 is 0 Å². The fourth-order valence-electron chi connectivity index (χ4n) is 6.86. The molecular weight excluding hydrogens is 438 g/mol. The summed E-state index contributed by atoms with van der Waals surface area (Å²) < 4.78 is 0. The molecule has 3 atom stereocenters. The van der Waals surface area contributed by atoms with Crippen LogP contribution in [0, 0.1) is 34.2 Å². The summed E-state index contributed by atoms with van der Waals surface area (Å²) in [5.41, 5.74) is 12.3. The Hall–Kier alpha value is 0.0500. The zero-order chi connectivity index (χ0) is 20.6. The van der Waals surface area contributed by atoms with Crippen molar-refractivity contribution < 1.29 is 31.0 Å². The maximum absolute atomic E-state index is 11.6. The van der Waals surface area contributed by atoms with Gasteiger partial charge >= 0.3 is 26.2 Å². The number of hydrogen-bond donors (Lipinski definition) is 0. The van der Waals surface area contributed by atoms with Crippen LogP contribution in [0.2, 0.25) is 13.1 Å². The molecule has 0 aliphatic heterocycles. The van der Waals surface area contributed by atoms with E-state index in [1.54, 1.807) is 0 Å². The molecular formula is C24H40NOSiZr. The van der Waals surface area contributed by atoms with E-state index in [9.17, 15) is 4.79 Å². The SMILES string of the molecule is CC12CC3CC(C)(C1)CC(C([NH-])=O)(C3)C2.CC1=[C-]C(C)C(C)=C1C.C[SiH]C.[Zr+2]. The first kappa shape index (κ1) is 26.1. The molecule has 3 unspecified atom stereocenters. The first-order valence-corrected chi connectivity index (χ1v) is 13.0. The molecule has 0 aromatic carbocycles. The smallest absolute Gasteiger partial charge is 0.667 e. The van der Waals surface area contributed by atoms with E-state index >= 15 is 0 Å². The van der Waals surface area contributed by atoms with E-state index < -0.39 is 0 Å². The van der Waals surface area contributed by atoms with Gasteiger partial charge in [-0.05, 0) is 55.3 Å². The fourth-order valence-corrected chi connectivity index (χ4v) is 6.86. The maximum atomic E-state index is 11.6. The van der Waals surface area contributed by atoms with Crippen LogP contribution >= 0.6 is 0 Å². The monoisotopic (exact) mass is 476 g/mol. The predicted molar refractivity (Wildman–Crippen MR) is 118 cm³/mol. The summed E-state index contributed by atoms with van der Waals surface area (Å²) in [5.74, 6) is 1.01. The number of amides is 1. The van der Waals surface area contributed by atoms with Gasteiger partial charge in [0, 0.05) is 14.9 Å². The average molecular weight is 478 g/mol. The molecule has 0 spiro atoms. The van der Waals surface area contributed by atoms with Crippen molar-refractivity contribution in [2.24, 2.45) is 28.1 Å². The molecule has 5 rings (SSSR count). The van der Waals surface area contributed by atoms with Crippen molar-refractivity contribution in [3.63, 3.8) is 0 Å². The standard InChI is InChI=1S/C13H21NO.C9H13.C2H7Si.Zr/c1-11-3-9-4-12(2,6-11)8-13(5-9,7-11)10(14)15;1-6-5-7(2)9(4)8(6)3;1-3-2;/h9H,3-8H2,1-2H3,(H2,14,15);6H,1-4H3;3H,1-2H3;/q;-1;;+2/p-1. The van der Waals surface area contributed by atoms with E-state index in [-0.39, 0.29) is 37.5 Å². The summed E-state index contributed by atoms with van der Waals surface area (Å²) in [5, 5.41) is 0. The Morgan fingerprint density at radius 2 is 1.50 bits per heavy atom. The largest absolute Gasteiger partial charge is 2.00 e. The Labute approximate surface area is 195 Å². The van der Waals surface area contributed by atoms with Gasteiger partial charge in [-0.2, -0.15) is 11.1 Å². The summed E-state index contributed by atoms with van der Waals surface area (Å²) in [6, 6.07) is 0. The van der Waals surface area contributed by atoms with Gasteiger partial charge < -0.3 is 10.5 Å². The normalized spacial score (nSPS) is 39.9. The minimum atomic E-state index is -0.274. The molecule has 0 saturated heterocycles. The van der Waals surface area contributed by atoms with Gasteiger partial charge in [-0.1, -0.05) is 53.6 Å². The Morgan fingerprint density at radius 3 is 1.75 bits per heavy atom. The topological polar surface area (TPSA) is 40.9 Å². The molecule has 0 aromatic rings.